The molecule has 1 saturated heterocycles. The fourth-order valence-corrected chi connectivity index (χ4v) is 4.80. The second-order valence-electron chi connectivity index (χ2n) is 7.95. The molecule has 3 rings (SSSR count). The molecule has 1 fully saturated rings. The van der Waals surface area contributed by atoms with Crippen molar-refractivity contribution in [2.45, 2.75) is 23.6 Å². The Morgan fingerprint density at radius 2 is 1.79 bits per heavy atom. The predicted molar refractivity (Wildman–Crippen MR) is 127 cm³/mol. The number of β-lactam (4-membered cyclic amide) rings is 1. The van der Waals surface area contributed by atoms with Crippen LogP contribution in [-0.2, 0) is 28.7 Å². The first-order chi connectivity index (χ1) is 17.9. The molecular weight excluding hydrogens is 530 g/mol. The molecule has 0 bridgehead atoms. The van der Waals surface area contributed by atoms with E-state index in [2.05, 4.69) is 20.1 Å². The van der Waals surface area contributed by atoms with Crippen LogP contribution in [0.25, 0.3) is 0 Å². The number of fused-ring (bicyclic) bond motifs is 1. The fourth-order valence-electron chi connectivity index (χ4n) is 3.48. The molecule has 0 spiro atoms. The zero-order valence-corrected chi connectivity index (χ0v) is 20.2. The lowest BCUT2D eigenvalue weighted by Crippen LogP contribution is -2.71. The minimum Gasteiger partial charge on any atom is -0.480 e. The van der Waals surface area contributed by atoms with Crippen molar-refractivity contribution in [1.29, 1.82) is 0 Å². The predicted octanol–water partition coefficient (Wildman–Crippen LogP) is -1.49. The lowest BCUT2D eigenvalue weighted by atomic mass is 10.0. The molecule has 9 N–H and O–H groups in total. The smallest absolute Gasteiger partial charge is 0.411 e. The van der Waals surface area contributed by atoms with E-state index in [4.69, 9.17) is 16.6 Å². The number of nitrogens with two attached hydrogens (primary N) is 2. The number of amides is 4. The van der Waals surface area contributed by atoms with Gasteiger partial charge in [-0.05, 0) is 17.7 Å². The molecule has 204 valence electrons. The number of rotatable bonds is 10. The zero-order chi connectivity index (χ0) is 28.1. The number of nitrogens with one attached hydrogen (secondary N) is 2. The minimum absolute atomic E-state index is 0.0947. The highest BCUT2D eigenvalue weighted by atomic mass is 32.2. The monoisotopic (exact) mass is 553 g/mol. The summed E-state index contributed by atoms with van der Waals surface area (Å²) in [5, 5.41) is 32.6. The number of hydrogen-bond acceptors (Lipinski definition) is 11. The number of ether oxygens (including phenoxy) is 2. The van der Waals surface area contributed by atoms with Crippen molar-refractivity contribution in [3.05, 3.63) is 41.1 Å². The van der Waals surface area contributed by atoms with Crippen LogP contribution in [0.2, 0.25) is 0 Å². The maximum atomic E-state index is 12.7. The fraction of sp³-hybridized carbons (Fsp3) is 0.333. The third-order valence-electron chi connectivity index (χ3n) is 5.37. The van der Waals surface area contributed by atoms with E-state index in [0.29, 0.717) is 0 Å². The van der Waals surface area contributed by atoms with Gasteiger partial charge in [-0.15, -0.1) is 11.8 Å². The lowest BCUT2D eigenvalue weighted by molar-refractivity contribution is -0.151. The first-order valence-corrected chi connectivity index (χ1v) is 11.8. The van der Waals surface area contributed by atoms with Gasteiger partial charge in [0.1, 0.15) is 36.4 Å². The highest BCUT2D eigenvalue weighted by molar-refractivity contribution is 8.00. The highest BCUT2D eigenvalue weighted by Crippen LogP contribution is 2.40. The number of aliphatic carboxylic acids is 2. The molecule has 16 nitrogen and oxygen atoms in total. The first kappa shape index (κ1) is 28.2. The van der Waals surface area contributed by atoms with Gasteiger partial charge >= 0.3 is 24.1 Å². The normalized spacial score (nSPS) is 19.8. The average molecular weight is 554 g/mol. The Balaban J connectivity index is 1.58. The first-order valence-electron chi connectivity index (χ1n) is 10.7. The number of carbonyl (C=O) groups excluding carboxylic acids is 4. The average Bonchev–Trinajstić information content (AvgIpc) is 2.87. The number of aliphatic hydroxyl groups excluding tert-OH is 1. The molecule has 0 unspecified atom stereocenters. The van der Waals surface area contributed by atoms with E-state index in [0.717, 1.165) is 16.7 Å². The van der Waals surface area contributed by atoms with Gasteiger partial charge in [-0.3, -0.25) is 24.6 Å². The number of anilines is 1. The Morgan fingerprint density at radius 3 is 2.37 bits per heavy atom. The van der Waals surface area contributed by atoms with Crippen molar-refractivity contribution in [2.75, 3.05) is 24.3 Å². The molecule has 1 aromatic rings. The van der Waals surface area contributed by atoms with Crippen molar-refractivity contribution in [3.63, 3.8) is 0 Å². The van der Waals surface area contributed by atoms with Crippen LogP contribution in [-0.4, -0.2) is 92.6 Å². The Bertz CT molecular complexity index is 1190. The molecule has 38 heavy (non-hydrogen) atoms. The number of benzene rings is 1. The van der Waals surface area contributed by atoms with E-state index < -0.39 is 72.7 Å². The number of carbonyl (C=O) groups is 6. The number of nitrogens with zero attached hydrogens (tertiary/aromatic N) is 1. The summed E-state index contributed by atoms with van der Waals surface area (Å²) < 4.78 is 9.32. The van der Waals surface area contributed by atoms with Crippen LogP contribution < -0.4 is 22.1 Å². The van der Waals surface area contributed by atoms with E-state index in [9.17, 15) is 39.0 Å². The van der Waals surface area contributed by atoms with Gasteiger partial charge in [0, 0.05) is 17.0 Å². The Morgan fingerprint density at radius 1 is 1.13 bits per heavy atom. The van der Waals surface area contributed by atoms with E-state index in [1.54, 1.807) is 0 Å². The summed E-state index contributed by atoms with van der Waals surface area (Å²) in [5.74, 6) is -4.31. The van der Waals surface area contributed by atoms with Crippen molar-refractivity contribution < 1.29 is 53.6 Å². The van der Waals surface area contributed by atoms with Gasteiger partial charge in [-0.25, -0.2) is 14.4 Å². The molecule has 2 aliphatic heterocycles. The summed E-state index contributed by atoms with van der Waals surface area (Å²) in [6, 6.07) is 2.84. The van der Waals surface area contributed by atoms with E-state index in [1.807, 2.05) is 0 Å². The molecule has 0 aliphatic carbocycles. The van der Waals surface area contributed by atoms with Gasteiger partial charge in [-0.1, -0.05) is 12.1 Å². The van der Waals surface area contributed by atoms with Crippen LogP contribution in [0.4, 0.5) is 15.3 Å². The van der Waals surface area contributed by atoms with Gasteiger partial charge in [-0.2, -0.15) is 0 Å². The van der Waals surface area contributed by atoms with Gasteiger partial charge < -0.3 is 41.6 Å². The highest BCUT2D eigenvalue weighted by Gasteiger charge is 2.54. The van der Waals surface area contributed by atoms with Gasteiger partial charge in [0.25, 0.3) is 11.8 Å². The van der Waals surface area contributed by atoms with Crippen LogP contribution >= 0.6 is 11.8 Å². The molecule has 2 aliphatic rings. The molecule has 17 heteroatoms. The van der Waals surface area contributed by atoms with Gasteiger partial charge in [0.05, 0.1) is 0 Å². The number of carboxylic acids is 2. The minimum atomic E-state index is -1.70. The van der Waals surface area contributed by atoms with E-state index in [-0.39, 0.29) is 28.3 Å². The third kappa shape index (κ3) is 6.31. The molecule has 4 atom stereocenters. The number of carboxylic acid groups (broad SMARTS) is 2. The van der Waals surface area contributed by atoms with Crippen LogP contribution in [0.3, 0.4) is 0 Å². The summed E-state index contributed by atoms with van der Waals surface area (Å²) >= 11 is 1.13. The maximum Gasteiger partial charge on any atom is 0.411 e. The standard InChI is InChI=1S/C21H23N5O11S/c22-11(18(30)31)6-37-21(35)24-10-3-1-8(2-4-10)14(27)15(28)25-12-16(29)26-13(19(32)33)9(5-36-20(23)34)7-38-17(12)26/h1-4,11-12,14,17,27H,5-7,22H2,(H2,23,34)(H,24,35)(H,25,28)(H,30,31)(H,32,33)/t11-,12-,14-,17-/m1/s1. The molecule has 0 aromatic heterocycles. The summed E-state index contributed by atoms with van der Waals surface area (Å²) in [6.07, 6.45) is -3.77. The second kappa shape index (κ2) is 11.8. The number of primary amides is 1. The summed E-state index contributed by atoms with van der Waals surface area (Å²) in [5.41, 5.74) is 10.3. The lowest BCUT2D eigenvalue weighted by Gasteiger charge is -2.49. The van der Waals surface area contributed by atoms with Gasteiger partial charge in [0.2, 0.25) is 0 Å². The second-order valence-corrected chi connectivity index (χ2v) is 9.06. The van der Waals surface area contributed by atoms with Crippen molar-refractivity contribution in [3.8, 4) is 0 Å². The van der Waals surface area contributed by atoms with Crippen LogP contribution in [0.5, 0.6) is 0 Å². The van der Waals surface area contributed by atoms with Crippen LogP contribution in [0, 0.1) is 0 Å². The quantitative estimate of drug-likeness (QED) is 0.163. The van der Waals surface area contributed by atoms with Crippen molar-refractivity contribution in [1.82, 2.24) is 10.2 Å². The van der Waals surface area contributed by atoms with E-state index >= 15 is 0 Å². The summed E-state index contributed by atoms with van der Waals surface area (Å²) in [6.45, 7) is -0.963. The SMILES string of the molecule is NC(=O)OCC1=C(C(=O)O)N2C(=O)[C@@H](NC(=O)[C@H](O)c3ccc(NC(=O)OC[C@@H](N)C(=O)O)cc3)[C@H]2SC1. The molecule has 1 aromatic carbocycles. The van der Waals surface area contributed by atoms with Crippen molar-refractivity contribution in [2.24, 2.45) is 11.5 Å². The topological polar surface area (TPSA) is 261 Å². The summed E-state index contributed by atoms with van der Waals surface area (Å²) in [7, 11) is 0. The number of thioether (sulfide) groups is 1. The molecule has 0 saturated carbocycles. The molecule has 4 amide bonds. The molecular formula is C21H23N5O11S. The number of aliphatic hydroxyl groups is 1. The Kier molecular flexibility index (Phi) is 8.76. The van der Waals surface area contributed by atoms with E-state index in [1.165, 1.54) is 24.3 Å². The van der Waals surface area contributed by atoms with Crippen LogP contribution in [0.15, 0.2) is 35.5 Å². The Hall–Kier alpha value is -4.35. The summed E-state index contributed by atoms with van der Waals surface area (Å²) in [4.78, 5) is 71.2. The van der Waals surface area contributed by atoms with Gasteiger partial charge in [0.15, 0.2) is 6.10 Å². The molecule has 2 heterocycles. The maximum absolute atomic E-state index is 12.7. The molecule has 0 radical (unpaired) electrons. The third-order valence-corrected chi connectivity index (χ3v) is 6.71. The van der Waals surface area contributed by atoms with Crippen LogP contribution in [0.1, 0.15) is 11.7 Å². The zero-order valence-electron chi connectivity index (χ0n) is 19.4. The van der Waals surface area contributed by atoms with Crippen molar-refractivity contribution >= 4 is 53.4 Å². The number of hydrogen-bond donors (Lipinski definition) is 7. The Labute approximate surface area is 217 Å². The largest absolute Gasteiger partial charge is 0.480 e.